The zero-order chi connectivity index (χ0) is 17.4. The van der Waals surface area contributed by atoms with Gasteiger partial charge < -0.3 is 20.4 Å². The summed E-state index contributed by atoms with van der Waals surface area (Å²) in [4.78, 5) is 16.0. The Kier molecular flexibility index (Phi) is 7.15. The fourth-order valence-electron chi connectivity index (χ4n) is 3.17. The first-order valence-electron chi connectivity index (χ1n) is 8.89. The van der Waals surface area contributed by atoms with E-state index in [1.165, 1.54) is 31.9 Å². The highest BCUT2D eigenvalue weighted by Gasteiger charge is 2.23. The van der Waals surface area contributed by atoms with Crippen LogP contribution >= 0.6 is 0 Å². The number of nitrogens with zero attached hydrogens (tertiary/aromatic N) is 1. The Morgan fingerprint density at radius 2 is 1.96 bits per heavy atom. The molecule has 0 bridgehead atoms. The molecule has 1 amide bonds. The summed E-state index contributed by atoms with van der Waals surface area (Å²) in [5.41, 5.74) is 0. The van der Waals surface area contributed by atoms with Crippen LogP contribution in [0.2, 0.25) is 0 Å². The molecule has 3 N–H and O–H groups in total. The van der Waals surface area contributed by atoms with Crippen LogP contribution in [-0.4, -0.2) is 38.0 Å². The molecule has 1 aromatic heterocycles. The van der Waals surface area contributed by atoms with Crippen molar-refractivity contribution < 1.29 is 9.21 Å². The molecule has 0 radical (unpaired) electrons. The number of hydrogen-bond donors (Lipinski definition) is 3. The second kappa shape index (κ2) is 9.35. The summed E-state index contributed by atoms with van der Waals surface area (Å²) in [6, 6.07) is 3.84. The van der Waals surface area contributed by atoms with Gasteiger partial charge in [-0.1, -0.05) is 13.8 Å². The first-order valence-corrected chi connectivity index (χ1v) is 8.89. The number of aliphatic imine (C=N–C) groups is 1. The van der Waals surface area contributed by atoms with E-state index in [1.807, 2.05) is 0 Å². The fourth-order valence-corrected chi connectivity index (χ4v) is 3.17. The Balaban J connectivity index is 1.63. The van der Waals surface area contributed by atoms with Crippen LogP contribution in [0.15, 0.2) is 27.8 Å². The molecule has 0 unspecified atom stereocenters. The van der Waals surface area contributed by atoms with Crippen molar-refractivity contribution >= 4 is 11.9 Å². The lowest BCUT2D eigenvalue weighted by Gasteiger charge is -2.32. The van der Waals surface area contributed by atoms with E-state index < -0.39 is 0 Å². The standard InChI is InChI=1S/C18H30N4O2/c1-13(2)14-6-8-15(9-7-14)22-18(19-3)21-11-10-20-17(23)16-5-4-12-24-16/h4-5,12-15H,6-11H2,1-3H3,(H,20,23)(H2,19,21,22). The Morgan fingerprint density at radius 3 is 2.54 bits per heavy atom. The molecule has 6 nitrogen and oxygen atoms in total. The molecule has 24 heavy (non-hydrogen) atoms. The van der Waals surface area contributed by atoms with Crippen molar-refractivity contribution in [2.75, 3.05) is 20.1 Å². The van der Waals surface area contributed by atoms with Crippen LogP contribution in [0.1, 0.15) is 50.1 Å². The van der Waals surface area contributed by atoms with E-state index in [-0.39, 0.29) is 5.91 Å². The first-order chi connectivity index (χ1) is 11.6. The minimum atomic E-state index is -0.197. The minimum absolute atomic E-state index is 0.197. The molecule has 134 valence electrons. The van der Waals surface area contributed by atoms with Crippen molar-refractivity contribution in [2.24, 2.45) is 16.8 Å². The summed E-state index contributed by atoms with van der Waals surface area (Å²) in [7, 11) is 1.77. The maximum Gasteiger partial charge on any atom is 0.287 e. The average molecular weight is 334 g/mol. The number of carbonyl (C=O) groups excluding carboxylic acids is 1. The molecule has 0 aliphatic heterocycles. The molecule has 1 saturated carbocycles. The van der Waals surface area contributed by atoms with Gasteiger partial charge in [-0.2, -0.15) is 0 Å². The highest BCUT2D eigenvalue weighted by Crippen LogP contribution is 2.29. The predicted molar refractivity (Wildman–Crippen MR) is 96.1 cm³/mol. The van der Waals surface area contributed by atoms with Gasteiger partial charge >= 0.3 is 0 Å². The zero-order valence-corrected chi connectivity index (χ0v) is 15.0. The van der Waals surface area contributed by atoms with Gasteiger partial charge in [0.15, 0.2) is 11.7 Å². The van der Waals surface area contributed by atoms with Crippen LogP contribution in [0.5, 0.6) is 0 Å². The number of nitrogens with one attached hydrogen (secondary N) is 3. The van der Waals surface area contributed by atoms with Gasteiger partial charge in [0.2, 0.25) is 0 Å². The van der Waals surface area contributed by atoms with Crippen LogP contribution in [-0.2, 0) is 0 Å². The molecule has 1 fully saturated rings. The lowest BCUT2D eigenvalue weighted by molar-refractivity contribution is 0.0926. The lowest BCUT2D eigenvalue weighted by Crippen LogP contribution is -2.46. The maximum atomic E-state index is 11.7. The highest BCUT2D eigenvalue weighted by atomic mass is 16.3. The van der Waals surface area contributed by atoms with Crippen LogP contribution in [0.3, 0.4) is 0 Å². The monoisotopic (exact) mass is 334 g/mol. The van der Waals surface area contributed by atoms with E-state index in [9.17, 15) is 4.79 Å². The molecule has 6 heteroatoms. The van der Waals surface area contributed by atoms with Gasteiger partial charge in [-0.05, 0) is 49.7 Å². The molecule has 0 spiro atoms. The molecule has 1 aromatic rings. The summed E-state index contributed by atoms with van der Waals surface area (Å²) in [6.07, 6.45) is 6.45. The Morgan fingerprint density at radius 1 is 1.25 bits per heavy atom. The van der Waals surface area contributed by atoms with Crippen molar-refractivity contribution in [2.45, 2.75) is 45.6 Å². The fraction of sp³-hybridized carbons (Fsp3) is 0.667. The highest BCUT2D eigenvalue weighted by molar-refractivity contribution is 5.91. The lowest BCUT2D eigenvalue weighted by atomic mass is 9.80. The summed E-state index contributed by atoms with van der Waals surface area (Å²) < 4.78 is 5.05. The summed E-state index contributed by atoms with van der Waals surface area (Å²) >= 11 is 0. The van der Waals surface area contributed by atoms with E-state index >= 15 is 0 Å². The van der Waals surface area contributed by atoms with Gasteiger partial charge in [0.1, 0.15) is 0 Å². The molecular weight excluding hydrogens is 304 g/mol. The summed E-state index contributed by atoms with van der Waals surface area (Å²) in [5, 5.41) is 9.54. The SMILES string of the molecule is CN=C(NCCNC(=O)c1ccco1)NC1CCC(C(C)C)CC1. The van der Waals surface area contributed by atoms with Crippen molar-refractivity contribution in [3.63, 3.8) is 0 Å². The molecule has 0 saturated heterocycles. The van der Waals surface area contributed by atoms with Crippen molar-refractivity contribution in [3.05, 3.63) is 24.2 Å². The Labute approximate surface area is 144 Å². The summed E-state index contributed by atoms with van der Waals surface area (Å²) in [6.45, 7) is 5.76. The van der Waals surface area contributed by atoms with E-state index in [0.29, 0.717) is 24.9 Å². The zero-order valence-electron chi connectivity index (χ0n) is 15.0. The van der Waals surface area contributed by atoms with Crippen molar-refractivity contribution in [1.29, 1.82) is 0 Å². The third-order valence-corrected chi connectivity index (χ3v) is 4.73. The number of hydrogen-bond acceptors (Lipinski definition) is 3. The maximum absolute atomic E-state index is 11.7. The average Bonchev–Trinajstić information content (AvgIpc) is 3.12. The van der Waals surface area contributed by atoms with Crippen LogP contribution in [0, 0.1) is 11.8 Å². The van der Waals surface area contributed by atoms with Crippen LogP contribution < -0.4 is 16.0 Å². The second-order valence-electron chi connectivity index (χ2n) is 6.73. The molecule has 1 heterocycles. The number of rotatable bonds is 6. The minimum Gasteiger partial charge on any atom is -0.459 e. The quantitative estimate of drug-likeness (QED) is 0.424. The molecule has 0 atom stereocenters. The third kappa shape index (κ3) is 5.58. The van der Waals surface area contributed by atoms with Gasteiger partial charge in [0, 0.05) is 26.2 Å². The van der Waals surface area contributed by atoms with Crippen molar-refractivity contribution in [1.82, 2.24) is 16.0 Å². The first kappa shape index (κ1) is 18.4. The van der Waals surface area contributed by atoms with E-state index in [4.69, 9.17) is 4.42 Å². The Hall–Kier alpha value is -1.98. The smallest absolute Gasteiger partial charge is 0.287 e. The van der Waals surface area contributed by atoms with Gasteiger partial charge in [-0.15, -0.1) is 0 Å². The van der Waals surface area contributed by atoms with Gasteiger partial charge in [-0.25, -0.2) is 0 Å². The Bertz CT molecular complexity index is 517. The molecule has 1 aliphatic carbocycles. The van der Waals surface area contributed by atoms with E-state index in [0.717, 1.165) is 17.8 Å². The van der Waals surface area contributed by atoms with E-state index in [2.05, 4.69) is 34.8 Å². The number of amides is 1. The topological polar surface area (TPSA) is 78.7 Å². The second-order valence-corrected chi connectivity index (χ2v) is 6.73. The molecule has 0 aromatic carbocycles. The van der Waals surface area contributed by atoms with Gasteiger partial charge in [0.05, 0.1) is 6.26 Å². The normalized spacial score (nSPS) is 21.6. The number of carbonyl (C=O) groups is 1. The molecule has 2 rings (SSSR count). The van der Waals surface area contributed by atoms with Gasteiger partial charge in [-0.3, -0.25) is 9.79 Å². The third-order valence-electron chi connectivity index (χ3n) is 4.73. The van der Waals surface area contributed by atoms with Crippen LogP contribution in [0.4, 0.5) is 0 Å². The molecular formula is C18H30N4O2. The predicted octanol–water partition coefficient (Wildman–Crippen LogP) is 2.39. The van der Waals surface area contributed by atoms with Crippen LogP contribution in [0.25, 0.3) is 0 Å². The van der Waals surface area contributed by atoms with Crippen molar-refractivity contribution in [3.8, 4) is 0 Å². The number of furan rings is 1. The van der Waals surface area contributed by atoms with Gasteiger partial charge in [0.25, 0.3) is 5.91 Å². The van der Waals surface area contributed by atoms with E-state index in [1.54, 1.807) is 19.2 Å². The largest absolute Gasteiger partial charge is 0.459 e. The molecule has 1 aliphatic rings. The number of guanidine groups is 1. The summed E-state index contributed by atoms with van der Waals surface area (Å²) in [5.74, 6) is 2.57.